The number of benzene rings is 1. The lowest BCUT2D eigenvalue weighted by Crippen LogP contribution is -2.26. The van der Waals surface area contributed by atoms with Gasteiger partial charge in [-0.05, 0) is 30.5 Å². The van der Waals surface area contributed by atoms with Gasteiger partial charge in [0.25, 0.3) is 5.56 Å². The van der Waals surface area contributed by atoms with Crippen LogP contribution < -0.4 is 15.1 Å². The van der Waals surface area contributed by atoms with E-state index in [0.717, 1.165) is 5.39 Å². The quantitative estimate of drug-likeness (QED) is 0.784. The van der Waals surface area contributed by atoms with Gasteiger partial charge in [-0.15, -0.1) is 0 Å². The average molecular weight is 219 g/mol. The molecule has 0 unspecified atom stereocenters. The smallest absolute Gasteiger partial charge is 0.290 e. The normalized spacial score (nSPS) is 10.4. The molecule has 0 aliphatic carbocycles. The fourth-order valence-electron chi connectivity index (χ4n) is 1.57. The van der Waals surface area contributed by atoms with Gasteiger partial charge >= 0.3 is 0 Å². The summed E-state index contributed by atoms with van der Waals surface area (Å²) in [6.45, 7) is 2.29. The molecular weight excluding hydrogens is 206 g/mol. The Hall–Kier alpha value is -1.97. The van der Waals surface area contributed by atoms with Crippen LogP contribution in [0.1, 0.15) is 6.92 Å². The highest BCUT2D eigenvalue weighted by atomic mass is 16.7. The zero-order chi connectivity index (χ0) is 11.5. The summed E-state index contributed by atoms with van der Waals surface area (Å²) >= 11 is 0. The van der Waals surface area contributed by atoms with Gasteiger partial charge in [-0.1, -0.05) is 6.07 Å². The largest absolute Gasteiger partial charge is 0.497 e. The van der Waals surface area contributed by atoms with Gasteiger partial charge < -0.3 is 9.57 Å². The summed E-state index contributed by atoms with van der Waals surface area (Å²) in [5, 5.41) is 1.47. The Morgan fingerprint density at radius 3 is 2.81 bits per heavy atom. The van der Waals surface area contributed by atoms with Gasteiger partial charge in [0.1, 0.15) is 12.4 Å². The Labute approximate surface area is 93.0 Å². The van der Waals surface area contributed by atoms with Gasteiger partial charge in [-0.25, -0.2) is 0 Å². The van der Waals surface area contributed by atoms with Crippen LogP contribution in [0.15, 0.2) is 35.3 Å². The molecule has 2 aromatic rings. The molecular formula is C12H13NO3. The van der Waals surface area contributed by atoms with Crippen molar-refractivity contribution in [3.63, 3.8) is 0 Å². The van der Waals surface area contributed by atoms with Gasteiger partial charge in [0.2, 0.25) is 0 Å². The van der Waals surface area contributed by atoms with Crippen molar-refractivity contribution < 1.29 is 9.57 Å². The van der Waals surface area contributed by atoms with E-state index in [1.807, 2.05) is 25.1 Å². The number of methoxy groups -OCH3 is 1. The molecule has 0 radical (unpaired) electrons. The maximum atomic E-state index is 12.0. The highest BCUT2D eigenvalue weighted by molar-refractivity contribution is 5.82. The maximum Gasteiger partial charge on any atom is 0.290 e. The molecule has 1 heterocycles. The second-order valence-corrected chi connectivity index (χ2v) is 3.32. The zero-order valence-electron chi connectivity index (χ0n) is 9.27. The molecule has 0 saturated carbocycles. The van der Waals surface area contributed by atoms with Crippen molar-refractivity contribution in [3.8, 4) is 5.75 Å². The minimum atomic E-state index is -0.168. The molecule has 0 N–H and O–H groups in total. The summed E-state index contributed by atoms with van der Waals surface area (Å²) in [6, 6.07) is 7.23. The van der Waals surface area contributed by atoms with E-state index in [1.165, 1.54) is 4.73 Å². The first kappa shape index (κ1) is 10.5. The van der Waals surface area contributed by atoms with Crippen LogP contribution in [0.4, 0.5) is 0 Å². The third-order valence-electron chi connectivity index (χ3n) is 2.35. The third kappa shape index (κ3) is 1.74. The summed E-state index contributed by atoms with van der Waals surface area (Å²) in [6.07, 6.45) is 1.63. The van der Waals surface area contributed by atoms with E-state index in [-0.39, 0.29) is 5.56 Å². The van der Waals surface area contributed by atoms with E-state index in [0.29, 0.717) is 17.7 Å². The number of nitrogens with zero attached hydrogens (tertiary/aromatic N) is 1. The molecule has 0 saturated heterocycles. The number of ether oxygens (including phenoxy) is 1. The topological polar surface area (TPSA) is 40.5 Å². The van der Waals surface area contributed by atoms with Crippen molar-refractivity contribution >= 4 is 10.8 Å². The lowest BCUT2D eigenvalue weighted by atomic mass is 10.2. The van der Waals surface area contributed by atoms with E-state index in [4.69, 9.17) is 9.57 Å². The van der Waals surface area contributed by atoms with Crippen LogP contribution in [0, 0.1) is 0 Å². The minimum absolute atomic E-state index is 0.168. The Kier molecular flexibility index (Phi) is 2.81. The van der Waals surface area contributed by atoms with E-state index in [1.54, 1.807) is 19.4 Å². The van der Waals surface area contributed by atoms with Crippen LogP contribution in [-0.2, 0) is 0 Å². The second-order valence-electron chi connectivity index (χ2n) is 3.32. The van der Waals surface area contributed by atoms with Crippen molar-refractivity contribution in [1.82, 2.24) is 4.73 Å². The van der Waals surface area contributed by atoms with Crippen LogP contribution in [0.2, 0.25) is 0 Å². The Morgan fingerprint density at radius 2 is 2.12 bits per heavy atom. The fourth-order valence-corrected chi connectivity index (χ4v) is 1.57. The average Bonchev–Trinajstić information content (AvgIpc) is 2.33. The molecule has 4 heteroatoms. The molecule has 1 aromatic heterocycles. The van der Waals surface area contributed by atoms with Crippen LogP contribution in [0.25, 0.3) is 10.8 Å². The first-order chi connectivity index (χ1) is 7.76. The Balaban J connectivity index is 2.66. The Bertz CT molecular complexity index is 560. The summed E-state index contributed by atoms with van der Waals surface area (Å²) in [4.78, 5) is 17.2. The molecule has 0 aliphatic heterocycles. The van der Waals surface area contributed by atoms with Crippen molar-refractivity contribution in [2.24, 2.45) is 0 Å². The van der Waals surface area contributed by atoms with Gasteiger partial charge in [0.05, 0.1) is 12.5 Å². The highest BCUT2D eigenvalue weighted by Crippen LogP contribution is 2.17. The standard InChI is InChI=1S/C12H13NO3/c1-3-16-13-7-6-9-4-5-10(15-2)8-11(9)12(13)14/h4-8H,3H2,1-2H3. The maximum absolute atomic E-state index is 12.0. The van der Waals surface area contributed by atoms with E-state index < -0.39 is 0 Å². The van der Waals surface area contributed by atoms with Crippen LogP contribution >= 0.6 is 0 Å². The number of hydrogen-bond donors (Lipinski definition) is 0. The molecule has 0 bridgehead atoms. The number of pyridine rings is 1. The van der Waals surface area contributed by atoms with Crippen molar-refractivity contribution in [2.75, 3.05) is 13.7 Å². The van der Waals surface area contributed by atoms with E-state index in [2.05, 4.69) is 0 Å². The summed E-state index contributed by atoms with van der Waals surface area (Å²) in [7, 11) is 1.57. The van der Waals surface area contributed by atoms with E-state index >= 15 is 0 Å². The highest BCUT2D eigenvalue weighted by Gasteiger charge is 2.04. The van der Waals surface area contributed by atoms with Crippen molar-refractivity contribution in [1.29, 1.82) is 0 Å². The molecule has 1 aromatic carbocycles. The molecule has 2 rings (SSSR count). The summed E-state index contributed by atoms with van der Waals surface area (Å²) in [5.74, 6) is 0.666. The molecule has 0 fully saturated rings. The fraction of sp³-hybridized carbons (Fsp3) is 0.250. The second kappa shape index (κ2) is 4.26. The first-order valence-electron chi connectivity index (χ1n) is 5.09. The monoisotopic (exact) mass is 219 g/mol. The predicted molar refractivity (Wildman–Crippen MR) is 61.9 cm³/mol. The minimum Gasteiger partial charge on any atom is -0.497 e. The first-order valence-corrected chi connectivity index (χ1v) is 5.09. The summed E-state index contributed by atoms with van der Waals surface area (Å²) in [5.41, 5.74) is -0.168. The molecule has 0 atom stereocenters. The van der Waals surface area contributed by atoms with Gasteiger partial charge in [-0.3, -0.25) is 4.79 Å². The van der Waals surface area contributed by atoms with Crippen molar-refractivity contribution in [2.45, 2.75) is 6.92 Å². The number of fused-ring (bicyclic) bond motifs is 1. The molecule has 16 heavy (non-hydrogen) atoms. The Morgan fingerprint density at radius 1 is 1.31 bits per heavy atom. The predicted octanol–water partition coefficient (Wildman–Crippen LogP) is 1.46. The molecule has 0 amide bonds. The van der Waals surface area contributed by atoms with Gasteiger partial charge in [0, 0.05) is 6.20 Å². The lowest BCUT2D eigenvalue weighted by Gasteiger charge is -2.07. The SMILES string of the molecule is CCOn1ccc2ccc(OC)cc2c1=O. The van der Waals surface area contributed by atoms with Gasteiger partial charge in [-0.2, -0.15) is 4.73 Å². The van der Waals surface area contributed by atoms with Crippen molar-refractivity contribution in [3.05, 3.63) is 40.8 Å². The van der Waals surface area contributed by atoms with Crippen LogP contribution in [0.3, 0.4) is 0 Å². The zero-order valence-corrected chi connectivity index (χ0v) is 9.27. The number of aromatic nitrogens is 1. The molecule has 84 valence electrons. The number of rotatable bonds is 3. The lowest BCUT2D eigenvalue weighted by molar-refractivity contribution is 0.114. The van der Waals surface area contributed by atoms with Crippen LogP contribution in [-0.4, -0.2) is 18.4 Å². The third-order valence-corrected chi connectivity index (χ3v) is 2.35. The molecule has 4 nitrogen and oxygen atoms in total. The van der Waals surface area contributed by atoms with Crippen LogP contribution in [0.5, 0.6) is 5.75 Å². The van der Waals surface area contributed by atoms with E-state index in [9.17, 15) is 4.79 Å². The molecule has 0 spiro atoms. The van der Waals surface area contributed by atoms with Gasteiger partial charge in [0.15, 0.2) is 0 Å². The molecule has 0 aliphatic rings. The summed E-state index contributed by atoms with van der Waals surface area (Å²) < 4.78 is 6.33. The number of hydrogen-bond acceptors (Lipinski definition) is 3.